The average molecular weight is 575 g/mol. The van der Waals surface area contributed by atoms with Crippen molar-refractivity contribution in [1.29, 1.82) is 0 Å². The second-order valence-corrected chi connectivity index (χ2v) is 12.1. The summed E-state index contributed by atoms with van der Waals surface area (Å²) in [5.41, 5.74) is 0.451. The smallest absolute Gasteiger partial charge is 0.305 e. The van der Waals surface area contributed by atoms with Gasteiger partial charge in [0.2, 0.25) is 11.8 Å². The molecule has 0 aliphatic carbocycles. The molecule has 2 atom stereocenters. The van der Waals surface area contributed by atoms with Gasteiger partial charge in [-0.3, -0.25) is 19.2 Å². The molecule has 1 aromatic rings. The molecule has 0 saturated heterocycles. The van der Waals surface area contributed by atoms with Gasteiger partial charge in [-0.2, -0.15) is 0 Å². The summed E-state index contributed by atoms with van der Waals surface area (Å²) in [6, 6.07) is 5.19. The first kappa shape index (κ1) is 36.1. The van der Waals surface area contributed by atoms with Gasteiger partial charge in [-0.15, -0.1) is 0 Å². The predicted octanol–water partition coefficient (Wildman–Crippen LogP) is 6.53. The van der Waals surface area contributed by atoms with Crippen LogP contribution in [0.5, 0.6) is 5.75 Å². The normalized spacial score (nSPS) is 12.8. The van der Waals surface area contributed by atoms with Gasteiger partial charge >= 0.3 is 5.97 Å². The molecule has 0 aliphatic rings. The molecule has 0 heterocycles. The molecule has 0 spiro atoms. The highest BCUT2D eigenvalue weighted by atomic mass is 16.5. The highest BCUT2D eigenvalue weighted by Gasteiger charge is 2.27. The molecule has 8 heteroatoms. The number of rotatable bonds is 22. The maximum absolute atomic E-state index is 13.1. The van der Waals surface area contributed by atoms with Crippen molar-refractivity contribution in [3.8, 4) is 5.75 Å². The molecule has 0 aromatic heterocycles. The largest absolute Gasteiger partial charge is 0.488 e. The molecule has 2 unspecified atom stereocenters. The van der Waals surface area contributed by atoms with Crippen LogP contribution < -0.4 is 15.4 Å². The zero-order valence-electron chi connectivity index (χ0n) is 26.1. The second-order valence-electron chi connectivity index (χ2n) is 12.1. The van der Waals surface area contributed by atoms with E-state index in [4.69, 9.17) is 9.84 Å². The quantitative estimate of drug-likeness (QED) is 0.135. The van der Waals surface area contributed by atoms with Crippen LogP contribution >= 0.6 is 0 Å². The lowest BCUT2D eigenvalue weighted by Crippen LogP contribution is -2.52. The summed E-state index contributed by atoms with van der Waals surface area (Å²) in [7, 11) is 0. The van der Waals surface area contributed by atoms with E-state index in [1.807, 2.05) is 45.0 Å². The number of aliphatic carboxylic acids is 1. The zero-order valence-corrected chi connectivity index (χ0v) is 26.1. The van der Waals surface area contributed by atoms with E-state index in [0.717, 1.165) is 24.8 Å². The monoisotopic (exact) mass is 574 g/mol. The third-order valence-electron chi connectivity index (χ3n) is 6.88. The van der Waals surface area contributed by atoms with Crippen LogP contribution in [-0.2, 0) is 25.6 Å². The summed E-state index contributed by atoms with van der Waals surface area (Å²) in [4.78, 5) is 49.0. The highest BCUT2D eigenvalue weighted by Crippen LogP contribution is 2.19. The molecule has 232 valence electrons. The first-order valence-electron chi connectivity index (χ1n) is 15.5. The van der Waals surface area contributed by atoms with Crippen molar-refractivity contribution in [3.63, 3.8) is 0 Å². The van der Waals surface area contributed by atoms with Crippen LogP contribution in [0.1, 0.15) is 130 Å². The van der Waals surface area contributed by atoms with Crippen LogP contribution in [0.2, 0.25) is 0 Å². The Balaban J connectivity index is 2.62. The number of ether oxygens (including phenoxy) is 1. The van der Waals surface area contributed by atoms with Gasteiger partial charge in [0.1, 0.15) is 17.4 Å². The van der Waals surface area contributed by atoms with E-state index in [0.29, 0.717) is 12.2 Å². The summed E-state index contributed by atoms with van der Waals surface area (Å²) in [6.07, 6.45) is 14.4. The number of carboxylic acids is 1. The number of carbonyl (C=O) groups is 4. The van der Waals surface area contributed by atoms with E-state index < -0.39 is 36.2 Å². The average Bonchev–Trinajstić information content (AvgIpc) is 2.88. The van der Waals surface area contributed by atoms with Gasteiger partial charge in [-0.25, -0.2) is 0 Å². The number of carbonyl (C=O) groups excluding carboxylic acids is 3. The van der Waals surface area contributed by atoms with Crippen molar-refractivity contribution in [2.24, 2.45) is 0 Å². The summed E-state index contributed by atoms with van der Waals surface area (Å²) in [5, 5.41) is 14.5. The van der Waals surface area contributed by atoms with Crippen molar-refractivity contribution < 1.29 is 29.0 Å². The van der Waals surface area contributed by atoms with Gasteiger partial charge < -0.3 is 20.5 Å². The molecule has 1 rings (SSSR count). The molecular weight excluding hydrogens is 520 g/mol. The maximum atomic E-state index is 13.1. The van der Waals surface area contributed by atoms with Crippen molar-refractivity contribution >= 4 is 23.6 Å². The molecule has 1 aromatic carbocycles. The van der Waals surface area contributed by atoms with Gasteiger partial charge in [0.05, 0.1) is 12.5 Å². The Bertz CT molecular complexity index is 923. The number of unbranched alkanes of at least 4 members (excludes halogenated alkanes) is 11. The van der Waals surface area contributed by atoms with Crippen LogP contribution in [0.15, 0.2) is 24.3 Å². The maximum Gasteiger partial charge on any atom is 0.305 e. The number of nitrogens with one attached hydrogen (secondary N) is 2. The Morgan fingerprint density at radius 2 is 1.29 bits per heavy atom. The number of benzene rings is 1. The van der Waals surface area contributed by atoms with Crippen LogP contribution in [-0.4, -0.2) is 46.4 Å². The number of ketones is 1. The molecule has 41 heavy (non-hydrogen) atoms. The zero-order chi connectivity index (χ0) is 30.7. The van der Waals surface area contributed by atoms with E-state index in [9.17, 15) is 19.2 Å². The number of hydrogen-bond donors (Lipinski definition) is 3. The van der Waals surface area contributed by atoms with E-state index in [1.165, 1.54) is 64.7 Å². The minimum Gasteiger partial charge on any atom is -0.488 e. The Labute approximate surface area is 247 Å². The number of amides is 2. The molecule has 0 bridgehead atoms. The third-order valence-corrected chi connectivity index (χ3v) is 6.88. The van der Waals surface area contributed by atoms with Crippen molar-refractivity contribution in [3.05, 3.63) is 29.8 Å². The molecule has 3 N–H and O–H groups in total. The Hall–Kier alpha value is -2.90. The van der Waals surface area contributed by atoms with Crippen LogP contribution in [0.4, 0.5) is 0 Å². The molecule has 0 saturated carbocycles. The fourth-order valence-corrected chi connectivity index (χ4v) is 4.63. The van der Waals surface area contributed by atoms with E-state index >= 15 is 0 Å². The first-order chi connectivity index (χ1) is 19.4. The fourth-order valence-electron chi connectivity index (χ4n) is 4.63. The molecule has 0 aliphatic heterocycles. The Morgan fingerprint density at radius 3 is 1.76 bits per heavy atom. The lowest BCUT2D eigenvalue weighted by molar-refractivity contribution is -0.140. The molecule has 2 amide bonds. The number of hydrogen-bond acceptors (Lipinski definition) is 5. The van der Waals surface area contributed by atoms with Crippen molar-refractivity contribution in [1.82, 2.24) is 10.6 Å². The SMILES string of the molecule is CCCCCCCCCCCCCCC(=O)NC(Cc1ccc(OC(C)(C)C)cc1)C(=O)NC(CC(=O)O)C(C)=O. The summed E-state index contributed by atoms with van der Waals surface area (Å²) < 4.78 is 5.86. The molecule has 0 radical (unpaired) electrons. The first-order valence-corrected chi connectivity index (χ1v) is 15.5. The van der Waals surface area contributed by atoms with Crippen molar-refractivity contribution in [2.45, 2.75) is 149 Å². The van der Waals surface area contributed by atoms with E-state index in [1.54, 1.807) is 0 Å². The summed E-state index contributed by atoms with van der Waals surface area (Å²) in [5.74, 6) is -1.76. The minimum absolute atomic E-state index is 0.198. The minimum atomic E-state index is -1.19. The van der Waals surface area contributed by atoms with E-state index in [-0.39, 0.29) is 17.9 Å². The summed E-state index contributed by atoms with van der Waals surface area (Å²) >= 11 is 0. The Kier molecular flexibility index (Phi) is 17.7. The standard InChI is InChI=1S/C33H54N2O6/c1-6-7-8-9-10-11-12-13-14-15-16-17-18-30(37)34-29(32(40)35-28(25(2)36)24-31(38)39)23-26-19-21-27(22-20-26)41-33(3,4)5/h19-22,28-29H,6-18,23-24H2,1-5H3,(H,34,37)(H,35,40)(H,38,39). The van der Waals surface area contributed by atoms with Crippen LogP contribution in [0.3, 0.4) is 0 Å². The second kappa shape index (κ2) is 20.1. The van der Waals surface area contributed by atoms with Gasteiger partial charge in [-0.1, -0.05) is 89.7 Å². The van der Waals surface area contributed by atoms with Gasteiger partial charge in [0.15, 0.2) is 5.78 Å². The molecule has 8 nitrogen and oxygen atoms in total. The van der Waals surface area contributed by atoms with Gasteiger partial charge in [0.25, 0.3) is 0 Å². The topological polar surface area (TPSA) is 122 Å². The highest BCUT2D eigenvalue weighted by molar-refractivity contribution is 5.93. The number of carboxylic acid groups (broad SMARTS) is 1. The van der Waals surface area contributed by atoms with E-state index in [2.05, 4.69) is 17.6 Å². The number of Topliss-reactive ketones (excluding diaryl/α,β-unsaturated/α-hetero) is 1. The van der Waals surface area contributed by atoms with Crippen LogP contribution in [0.25, 0.3) is 0 Å². The predicted molar refractivity (Wildman–Crippen MR) is 163 cm³/mol. The van der Waals surface area contributed by atoms with Crippen LogP contribution in [0, 0.1) is 0 Å². The molecular formula is C33H54N2O6. The lowest BCUT2D eigenvalue weighted by Gasteiger charge is -2.23. The fraction of sp³-hybridized carbons (Fsp3) is 0.697. The lowest BCUT2D eigenvalue weighted by atomic mass is 10.0. The van der Waals surface area contributed by atoms with Gasteiger partial charge in [0, 0.05) is 12.8 Å². The third kappa shape index (κ3) is 18.2. The molecule has 0 fully saturated rings. The van der Waals surface area contributed by atoms with Crippen molar-refractivity contribution in [2.75, 3.05) is 0 Å². The van der Waals surface area contributed by atoms with Gasteiger partial charge in [-0.05, 0) is 51.8 Å². The summed E-state index contributed by atoms with van der Waals surface area (Å²) in [6.45, 7) is 9.34. The Morgan fingerprint density at radius 1 is 0.780 bits per heavy atom.